The van der Waals surface area contributed by atoms with Crippen LogP contribution in [0.25, 0.3) is 0 Å². The van der Waals surface area contributed by atoms with Gasteiger partial charge in [0.1, 0.15) is 12.1 Å². The van der Waals surface area contributed by atoms with Crippen molar-refractivity contribution in [1.29, 1.82) is 0 Å². The zero-order chi connectivity index (χ0) is 26.1. The number of carboxylic acids is 1. The van der Waals surface area contributed by atoms with E-state index in [2.05, 4.69) is 15.5 Å². The molecule has 1 aromatic heterocycles. The molecular formula is C17H23N9O9. The van der Waals surface area contributed by atoms with Crippen LogP contribution in [-0.4, -0.2) is 74.8 Å². The Kier molecular flexibility index (Phi) is 9.01. The molecule has 2 unspecified atom stereocenters. The van der Waals surface area contributed by atoms with E-state index < -0.39 is 66.6 Å². The quantitative estimate of drug-likeness (QED) is 0.275. The minimum atomic E-state index is -1.80. The Morgan fingerprint density at radius 1 is 0.914 bits per heavy atom. The van der Waals surface area contributed by atoms with Crippen LogP contribution in [0.15, 0.2) is 4.42 Å². The maximum Gasteiger partial charge on any atom is 0.330 e. The molecule has 1 aromatic rings. The highest BCUT2D eigenvalue weighted by Gasteiger charge is 2.31. The maximum absolute atomic E-state index is 12.7. The third-order valence-electron chi connectivity index (χ3n) is 4.35. The van der Waals surface area contributed by atoms with Gasteiger partial charge in [-0.1, -0.05) is 18.9 Å². The molecule has 35 heavy (non-hydrogen) atoms. The van der Waals surface area contributed by atoms with Crippen LogP contribution in [0.3, 0.4) is 0 Å². The number of carbonyl (C=O) groups is 7. The van der Waals surface area contributed by atoms with E-state index in [1.54, 1.807) is 29.8 Å². The van der Waals surface area contributed by atoms with E-state index in [4.69, 9.17) is 9.52 Å². The second-order valence-corrected chi connectivity index (χ2v) is 6.97. The Morgan fingerprint density at radius 3 is 2.17 bits per heavy atom. The standard InChI is InChI=1S/C17H23N9O9/c1-3-5-26-8(4-2)11-24-25-16(35-11)22-13(31)19-10(29)7(6-9(27)28)18-12(30)20-14(32)21-15(33)23-17(26)34/h7-8H,3-6H2,1-2H3,(H,27,28)(H2,19,22,25,29,31)(H4,18,20,21,23,30,32,33,34). The van der Waals surface area contributed by atoms with Gasteiger partial charge in [0.15, 0.2) is 0 Å². The fraction of sp³-hybridized carbons (Fsp3) is 0.471. The van der Waals surface area contributed by atoms with E-state index in [9.17, 15) is 33.6 Å². The summed E-state index contributed by atoms with van der Waals surface area (Å²) in [6, 6.07) is -9.25. The number of anilines is 1. The Morgan fingerprint density at radius 2 is 1.54 bits per heavy atom. The predicted octanol–water partition coefficient (Wildman–Crippen LogP) is -0.424. The lowest BCUT2D eigenvalue weighted by Gasteiger charge is -2.28. The number of hydrogen-bond donors (Lipinski definition) is 7. The molecule has 11 amide bonds. The van der Waals surface area contributed by atoms with Gasteiger partial charge in [-0.3, -0.25) is 36.2 Å². The molecule has 0 saturated heterocycles. The Balaban J connectivity index is 2.38. The molecular weight excluding hydrogens is 474 g/mol. The minimum absolute atomic E-state index is 0.104. The van der Waals surface area contributed by atoms with Crippen LogP contribution in [0.4, 0.5) is 30.0 Å². The number of carbonyl (C=O) groups excluding carboxylic acids is 6. The SMILES string of the molecule is CCCN1C(=O)NC(=O)NC(=O)NC(=O)NC(CC(=O)O)C(=O)NC(=O)Nc2nnc(o2)C1CC. The van der Waals surface area contributed by atoms with Gasteiger partial charge in [-0.25, -0.2) is 24.0 Å². The molecule has 1 aliphatic heterocycles. The van der Waals surface area contributed by atoms with Crippen LogP contribution in [0, 0.1) is 0 Å². The average molecular weight is 497 g/mol. The number of aromatic nitrogens is 2. The third-order valence-corrected chi connectivity index (χ3v) is 4.35. The van der Waals surface area contributed by atoms with Crippen molar-refractivity contribution < 1.29 is 43.1 Å². The van der Waals surface area contributed by atoms with Crippen molar-refractivity contribution in [1.82, 2.24) is 41.7 Å². The molecule has 2 rings (SSSR count). The molecule has 7 N–H and O–H groups in total. The van der Waals surface area contributed by atoms with Crippen molar-refractivity contribution in [2.75, 3.05) is 11.9 Å². The van der Waals surface area contributed by atoms with Crippen LogP contribution < -0.4 is 31.9 Å². The van der Waals surface area contributed by atoms with Crippen LogP contribution in [-0.2, 0) is 9.59 Å². The first-order valence-electron chi connectivity index (χ1n) is 10.2. The van der Waals surface area contributed by atoms with Crippen molar-refractivity contribution in [2.45, 2.75) is 45.2 Å². The number of rotatable bonds is 5. The molecule has 18 nitrogen and oxygen atoms in total. The number of nitrogens with zero attached hydrogens (tertiary/aromatic N) is 3. The van der Waals surface area contributed by atoms with Crippen molar-refractivity contribution in [3.63, 3.8) is 0 Å². The van der Waals surface area contributed by atoms with Gasteiger partial charge in [0.05, 0.1) is 6.42 Å². The molecule has 0 aliphatic carbocycles. The Labute approximate surface area is 196 Å². The average Bonchev–Trinajstić information content (AvgIpc) is 3.19. The maximum atomic E-state index is 12.7. The van der Waals surface area contributed by atoms with E-state index in [0.717, 1.165) is 0 Å². The second kappa shape index (κ2) is 11.9. The Hall–Kier alpha value is -4.77. The highest BCUT2D eigenvalue weighted by Crippen LogP contribution is 2.24. The van der Waals surface area contributed by atoms with Gasteiger partial charge in [0, 0.05) is 6.54 Å². The summed E-state index contributed by atoms with van der Waals surface area (Å²) < 4.78 is 5.36. The topological polar surface area (TPSA) is 254 Å². The first-order valence-corrected chi connectivity index (χ1v) is 10.2. The van der Waals surface area contributed by atoms with Crippen LogP contribution in [0.5, 0.6) is 0 Å². The lowest BCUT2D eigenvalue weighted by Crippen LogP contribution is -2.56. The van der Waals surface area contributed by atoms with Gasteiger partial charge < -0.3 is 19.7 Å². The first kappa shape index (κ1) is 26.5. The predicted molar refractivity (Wildman–Crippen MR) is 112 cm³/mol. The van der Waals surface area contributed by atoms with E-state index >= 15 is 0 Å². The van der Waals surface area contributed by atoms with E-state index in [1.165, 1.54) is 4.90 Å². The summed E-state index contributed by atoms with van der Waals surface area (Å²) in [5.41, 5.74) is 0. The summed E-state index contributed by atoms with van der Waals surface area (Å²) in [6.45, 7) is 3.58. The number of imide groups is 4. The monoisotopic (exact) mass is 497 g/mol. The van der Waals surface area contributed by atoms with Gasteiger partial charge in [-0.05, 0) is 12.8 Å². The third kappa shape index (κ3) is 7.65. The summed E-state index contributed by atoms with van der Waals surface area (Å²) in [7, 11) is 0. The van der Waals surface area contributed by atoms with Gasteiger partial charge in [0.2, 0.25) is 5.89 Å². The van der Waals surface area contributed by atoms with E-state index in [1.807, 2.05) is 10.6 Å². The van der Waals surface area contributed by atoms with Crippen LogP contribution in [0.2, 0.25) is 0 Å². The molecule has 2 bridgehead atoms. The van der Waals surface area contributed by atoms with Crippen LogP contribution >= 0.6 is 0 Å². The molecule has 190 valence electrons. The molecule has 2 atom stereocenters. The number of fused-ring (bicyclic) bond motifs is 2. The zero-order valence-corrected chi connectivity index (χ0v) is 18.5. The molecule has 1 aliphatic rings. The normalized spacial score (nSPS) is 20.3. The van der Waals surface area contributed by atoms with Gasteiger partial charge in [0.25, 0.3) is 5.91 Å². The number of carboxylic acid groups (broad SMARTS) is 1. The number of hydrogen-bond acceptors (Lipinski definition) is 10. The smallest absolute Gasteiger partial charge is 0.330 e. The lowest BCUT2D eigenvalue weighted by molar-refractivity contribution is -0.139. The molecule has 0 spiro atoms. The highest BCUT2D eigenvalue weighted by atomic mass is 16.4. The molecule has 0 saturated carbocycles. The summed E-state index contributed by atoms with van der Waals surface area (Å²) >= 11 is 0. The number of amides is 11. The molecule has 2 heterocycles. The second-order valence-electron chi connectivity index (χ2n) is 6.97. The largest absolute Gasteiger partial charge is 0.481 e. The summed E-state index contributed by atoms with van der Waals surface area (Å²) in [6.07, 6.45) is -0.244. The van der Waals surface area contributed by atoms with Gasteiger partial charge >= 0.3 is 42.1 Å². The molecule has 18 heteroatoms. The molecule has 0 aromatic carbocycles. The molecule has 0 fully saturated rings. The number of urea groups is 5. The van der Waals surface area contributed by atoms with Gasteiger partial charge in [-0.15, -0.1) is 5.10 Å². The first-order chi connectivity index (χ1) is 16.5. The summed E-state index contributed by atoms with van der Waals surface area (Å²) in [5, 5.41) is 27.3. The van der Waals surface area contributed by atoms with Crippen molar-refractivity contribution in [2.24, 2.45) is 0 Å². The van der Waals surface area contributed by atoms with Crippen molar-refractivity contribution in [3.05, 3.63) is 5.89 Å². The Bertz CT molecular complexity index is 1020. The van der Waals surface area contributed by atoms with E-state index in [-0.39, 0.29) is 18.9 Å². The fourth-order valence-corrected chi connectivity index (χ4v) is 2.93. The zero-order valence-electron chi connectivity index (χ0n) is 18.5. The number of aliphatic carboxylic acids is 1. The highest BCUT2D eigenvalue weighted by molar-refractivity contribution is 6.07. The fourth-order valence-electron chi connectivity index (χ4n) is 2.93. The minimum Gasteiger partial charge on any atom is -0.481 e. The summed E-state index contributed by atoms with van der Waals surface area (Å²) in [4.78, 5) is 85.3. The molecule has 0 radical (unpaired) electrons. The van der Waals surface area contributed by atoms with Crippen molar-refractivity contribution in [3.8, 4) is 0 Å². The van der Waals surface area contributed by atoms with Crippen molar-refractivity contribution >= 4 is 48.0 Å². The van der Waals surface area contributed by atoms with Gasteiger partial charge in [-0.2, -0.15) is 0 Å². The van der Waals surface area contributed by atoms with Crippen LogP contribution in [0.1, 0.15) is 45.0 Å². The number of nitrogens with one attached hydrogen (secondary N) is 6. The van der Waals surface area contributed by atoms with E-state index in [0.29, 0.717) is 6.42 Å². The lowest BCUT2D eigenvalue weighted by atomic mass is 10.2. The summed E-state index contributed by atoms with van der Waals surface area (Å²) in [5.74, 6) is -2.86.